The van der Waals surface area contributed by atoms with E-state index in [2.05, 4.69) is 30.3 Å². The first kappa shape index (κ1) is 12.4. The molecule has 0 fully saturated rings. The quantitative estimate of drug-likeness (QED) is 0.549. The summed E-state index contributed by atoms with van der Waals surface area (Å²) in [7, 11) is 0. The van der Waals surface area contributed by atoms with Crippen LogP contribution in [-0.4, -0.2) is 11.1 Å². The molecule has 0 aromatic heterocycles. The molecule has 2 heteroatoms. The molecule has 0 radical (unpaired) electrons. The van der Waals surface area contributed by atoms with E-state index in [1.54, 1.807) is 6.08 Å². The molecule has 0 aliphatic carbocycles. The number of carboxylic acid groups (broad SMARTS) is 1. The molecule has 0 aliphatic heterocycles. The maximum atomic E-state index is 10.7. The Hall–Kier alpha value is -2.61. The summed E-state index contributed by atoms with van der Waals surface area (Å²) < 4.78 is 0. The maximum Gasteiger partial charge on any atom is 0.328 e. The molecule has 0 heterocycles. The van der Waals surface area contributed by atoms with Gasteiger partial charge in [0.1, 0.15) is 0 Å². The minimum atomic E-state index is -0.929. The summed E-state index contributed by atoms with van der Waals surface area (Å²) >= 11 is 0. The number of aliphatic carboxylic acids is 1. The molecule has 0 atom stereocenters. The number of carbonyl (C=O) groups is 1. The predicted molar refractivity (Wildman–Crippen MR) is 82.9 cm³/mol. The number of rotatable bonds is 2. The normalized spacial score (nSPS) is 11.4. The molecule has 1 N–H and O–H groups in total. The summed E-state index contributed by atoms with van der Waals surface area (Å²) in [6.07, 6.45) is 2.87. The second kappa shape index (κ2) is 4.82. The van der Waals surface area contributed by atoms with Crippen molar-refractivity contribution in [3.63, 3.8) is 0 Å². The topological polar surface area (TPSA) is 37.3 Å². The van der Waals surface area contributed by atoms with Gasteiger partial charge < -0.3 is 5.11 Å². The lowest BCUT2D eigenvalue weighted by Crippen LogP contribution is -1.89. The van der Waals surface area contributed by atoms with Crippen LogP contribution in [0.3, 0.4) is 0 Å². The first-order chi connectivity index (χ1) is 9.65. The molecule has 3 aromatic rings. The van der Waals surface area contributed by atoms with Crippen LogP contribution in [0.25, 0.3) is 27.6 Å². The molecule has 2 nitrogen and oxygen atoms in total. The van der Waals surface area contributed by atoms with Gasteiger partial charge in [-0.25, -0.2) is 4.79 Å². The van der Waals surface area contributed by atoms with Crippen LogP contribution in [0.4, 0.5) is 0 Å². The van der Waals surface area contributed by atoms with Crippen molar-refractivity contribution in [2.75, 3.05) is 0 Å². The smallest absolute Gasteiger partial charge is 0.328 e. The van der Waals surface area contributed by atoms with Crippen LogP contribution in [0.1, 0.15) is 11.1 Å². The van der Waals surface area contributed by atoms with E-state index in [1.165, 1.54) is 11.5 Å². The largest absolute Gasteiger partial charge is 0.478 e. The van der Waals surface area contributed by atoms with E-state index in [9.17, 15) is 4.79 Å². The fourth-order valence-electron chi connectivity index (χ4n) is 2.52. The number of benzene rings is 3. The molecule has 0 bridgehead atoms. The Morgan fingerprint density at radius 3 is 2.40 bits per heavy atom. The summed E-state index contributed by atoms with van der Waals surface area (Å²) in [5, 5.41) is 13.4. The van der Waals surface area contributed by atoms with Gasteiger partial charge in [-0.3, -0.25) is 0 Å². The van der Waals surface area contributed by atoms with Crippen molar-refractivity contribution in [3.05, 3.63) is 65.7 Å². The van der Waals surface area contributed by atoms with E-state index >= 15 is 0 Å². The van der Waals surface area contributed by atoms with Crippen molar-refractivity contribution in [1.29, 1.82) is 0 Å². The summed E-state index contributed by atoms with van der Waals surface area (Å²) in [6, 6.07) is 16.6. The van der Waals surface area contributed by atoms with Crippen LogP contribution in [0.2, 0.25) is 0 Å². The lowest BCUT2D eigenvalue weighted by atomic mass is 9.96. The Bertz CT molecular complexity index is 845. The first-order valence-corrected chi connectivity index (χ1v) is 6.48. The van der Waals surface area contributed by atoms with Crippen molar-refractivity contribution in [2.24, 2.45) is 0 Å². The van der Waals surface area contributed by atoms with Gasteiger partial charge in [0.2, 0.25) is 0 Å². The van der Waals surface area contributed by atoms with E-state index in [1.807, 2.05) is 25.1 Å². The highest BCUT2D eigenvalue weighted by Crippen LogP contribution is 2.28. The summed E-state index contributed by atoms with van der Waals surface area (Å²) in [5.41, 5.74) is 2.04. The number of hydrogen-bond acceptors (Lipinski definition) is 1. The van der Waals surface area contributed by atoms with Gasteiger partial charge in [-0.2, -0.15) is 0 Å². The van der Waals surface area contributed by atoms with Crippen LogP contribution < -0.4 is 0 Å². The summed E-state index contributed by atoms with van der Waals surface area (Å²) in [6.45, 7) is 2.00. The SMILES string of the molecule is Cc1ccc2cc3ccccc3cc2c1C=CC(=O)O. The molecule has 98 valence electrons. The van der Waals surface area contributed by atoms with E-state index in [4.69, 9.17) is 5.11 Å². The minimum Gasteiger partial charge on any atom is -0.478 e. The molecular formula is C18H14O2. The van der Waals surface area contributed by atoms with Gasteiger partial charge in [-0.15, -0.1) is 0 Å². The Morgan fingerprint density at radius 1 is 1.00 bits per heavy atom. The third kappa shape index (κ3) is 2.16. The molecule has 0 saturated heterocycles. The highest BCUT2D eigenvalue weighted by molar-refractivity contribution is 6.03. The van der Waals surface area contributed by atoms with E-state index in [0.29, 0.717) is 0 Å². The van der Waals surface area contributed by atoms with Crippen LogP contribution in [0, 0.1) is 6.92 Å². The van der Waals surface area contributed by atoms with Gasteiger partial charge in [-0.1, -0.05) is 36.4 Å². The minimum absolute atomic E-state index is 0.929. The Labute approximate surface area is 117 Å². The van der Waals surface area contributed by atoms with Crippen LogP contribution in [-0.2, 0) is 4.79 Å². The fourth-order valence-corrected chi connectivity index (χ4v) is 2.52. The van der Waals surface area contributed by atoms with E-state index < -0.39 is 5.97 Å². The zero-order valence-corrected chi connectivity index (χ0v) is 11.1. The average molecular weight is 262 g/mol. The van der Waals surface area contributed by atoms with Gasteiger partial charge in [0.25, 0.3) is 0 Å². The summed E-state index contributed by atoms with van der Waals surface area (Å²) in [5.74, 6) is -0.929. The van der Waals surface area contributed by atoms with Gasteiger partial charge in [0.05, 0.1) is 0 Å². The van der Waals surface area contributed by atoms with Crippen molar-refractivity contribution in [1.82, 2.24) is 0 Å². The van der Waals surface area contributed by atoms with Gasteiger partial charge in [0.15, 0.2) is 0 Å². The molecule has 0 aliphatic rings. The second-order valence-corrected chi connectivity index (χ2v) is 4.89. The zero-order valence-electron chi connectivity index (χ0n) is 11.1. The molecule has 3 aromatic carbocycles. The van der Waals surface area contributed by atoms with Crippen molar-refractivity contribution in [2.45, 2.75) is 6.92 Å². The highest BCUT2D eigenvalue weighted by atomic mass is 16.4. The number of carboxylic acids is 1. The molecule has 0 spiro atoms. The Morgan fingerprint density at radius 2 is 1.70 bits per heavy atom. The van der Waals surface area contributed by atoms with Crippen molar-refractivity contribution >= 4 is 33.6 Å². The number of aryl methyl sites for hydroxylation is 1. The average Bonchev–Trinajstić information content (AvgIpc) is 2.44. The zero-order chi connectivity index (χ0) is 14.1. The van der Waals surface area contributed by atoms with Crippen molar-refractivity contribution in [3.8, 4) is 0 Å². The number of hydrogen-bond donors (Lipinski definition) is 1. The maximum absolute atomic E-state index is 10.7. The lowest BCUT2D eigenvalue weighted by molar-refractivity contribution is -0.131. The molecule has 0 amide bonds. The third-order valence-electron chi connectivity index (χ3n) is 3.54. The van der Waals surface area contributed by atoms with E-state index in [-0.39, 0.29) is 0 Å². The number of fused-ring (bicyclic) bond motifs is 2. The van der Waals surface area contributed by atoms with E-state index in [0.717, 1.165) is 27.3 Å². The van der Waals surface area contributed by atoms with Gasteiger partial charge in [0, 0.05) is 6.08 Å². The van der Waals surface area contributed by atoms with Gasteiger partial charge >= 0.3 is 5.97 Å². The molecular weight excluding hydrogens is 248 g/mol. The Balaban J connectivity index is 2.34. The second-order valence-electron chi connectivity index (χ2n) is 4.89. The van der Waals surface area contributed by atoms with Crippen LogP contribution in [0.5, 0.6) is 0 Å². The monoisotopic (exact) mass is 262 g/mol. The highest BCUT2D eigenvalue weighted by Gasteiger charge is 2.04. The van der Waals surface area contributed by atoms with Crippen LogP contribution in [0.15, 0.2) is 54.6 Å². The van der Waals surface area contributed by atoms with Crippen LogP contribution >= 0.6 is 0 Å². The molecule has 20 heavy (non-hydrogen) atoms. The summed E-state index contributed by atoms with van der Waals surface area (Å²) in [4.78, 5) is 10.7. The predicted octanol–water partition coefficient (Wildman–Crippen LogP) is 4.40. The third-order valence-corrected chi connectivity index (χ3v) is 3.54. The first-order valence-electron chi connectivity index (χ1n) is 6.48. The lowest BCUT2D eigenvalue weighted by Gasteiger charge is -2.08. The standard InChI is InChI=1S/C18H14O2/c1-12-6-7-15-10-13-4-2-3-5-14(13)11-17(15)16(12)8-9-18(19)20/h2-11H,1H3,(H,19,20). The molecule has 3 rings (SSSR count). The Kier molecular flexibility index (Phi) is 2.99. The molecule has 0 saturated carbocycles. The van der Waals surface area contributed by atoms with Crippen molar-refractivity contribution < 1.29 is 9.90 Å². The molecule has 0 unspecified atom stereocenters. The fraction of sp³-hybridized carbons (Fsp3) is 0.0556. The van der Waals surface area contributed by atoms with Gasteiger partial charge in [-0.05, 0) is 57.8 Å².